The summed E-state index contributed by atoms with van der Waals surface area (Å²) in [6, 6.07) is 5.45. The van der Waals surface area contributed by atoms with E-state index in [4.69, 9.17) is 33.2 Å². The molecule has 0 unspecified atom stereocenters. The Morgan fingerprint density at radius 3 is 2.79 bits per heavy atom. The number of aryl methyl sites for hydroxylation is 2. The summed E-state index contributed by atoms with van der Waals surface area (Å²) in [6.45, 7) is 0. The van der Waals surface area contributed by atoms with Gasteiger partial charge in [-0.05, 0) is 55.7 Å². The predicted octanol–water partition coefficient (Wildman–Crippen LogP) is 6.34. The highest BCUT2D eigenvalue weighted by Crippen LogP contribution is 2.40. The molecule has 3 nitrogen and oxygen atoms in total. The molecule has 1 aliphatic carbocycles. The molecule has 0 aliphatic heterocycles. The lowest BCUT2D eigenvalue weighted by atomic mass is 9.97. The van der Waals surface area contributed by atoms with E-state index < -0.39 is 0 Å². The highest BCUT2D eigenvalue weighted by molar-refractivity contribution is 7.98. The second kappa shape index (κ2) is 6.71. The van der Waals surface area contributed by atoms with Gasteiger partial charge in [0.25, 0.3) is 0 Å². The van der Waals surface area contributed by atoms with E-state index in [2.05, 4.69) is 5.32 Å². The van der Waals surface area contributed by atoms with Crippen LogP contribution in [0, 0.1) is 0 Å². The van der Waals surface area contributed by atoms with Gasteiger partial charge in [0.2, 0.25) is 0 Å². The monoisotopic (exact) mass is 395 g/mol. The van der Waals surface area contributed by atoms with Crippen molar-refractivity contribution in [2.45, 2.75) is 30.8 Å². The second-order valence-corrected chi connectivity index (χ2v) is 8.40. The number of hydrogen-bond acceptors (Lipinski definition) is 5. The molecule has 1 N–H and O–H groups in total. The largest absolute Gasteiger partial charge is 0.338 e. The highest BCUT2D eigenvalue weighted by atomic mass is 35.5. The zero-order valence-electron chi connectivity index (χ0n) is 13.0. The number of rotatable bonds is 3. The standard InChI is InChI=1S/C17H15Cl2N3S2/c1-23-17-21-15(20-12-7-6-9(18)8-11(12)19)14-10-4-2-3-5-13(10)24-16(14)22-17/h6-8H,2-5H2,1H3,(H,20,21,22). The van der Waals surface area contributed by atoms with Crippen LogP contribution < -0.4 is 5.32 Å². The van der Waals surface area contributed by atoms with Crippen LogP contribution in [0.1, 0.15) is 23.3 Å². The Balaban J connectivity index is 1.87. The Kier molecular flexibility index (Phi) is 4.60. The fourth-order valence-electron chi connectivity index (χ4n) is 3.04. The number of fused-ring (bicyclic) bond motifs is 3. The SMILES string of the molecule is CSc1nc(Nc2ccc(Cl)cc2Cl)c2c3c(sc2n1)CCCC3. The molecule has 0 fully saturated rings. The van der Waals surface area contributed by atoms with Gasteiger partial charge in [-0.3, -0.25) is 0 Å². The molecule has 24 heavy (non-hydrogen) atoms. The van der Waals surface area contributed by atoms with Crippen LogP contribution in [0.15, 0.2) is 23.4 Å². The lowest BCUT2D eigenvalue weighted by Gasteiger charge is -2.14. The first-order chi connectivity index (χ1) is 11.7. The Bertz CT molecular complexity index is 924. The molecule has 2 heterocycles. The topological polar surface area (TPSA) is 37.8 Å². The molecule has 0 spiro atoms. The molecule has 0 bridgehead atoms. The van der Waals surface area contributed by atoms with Crippen molar-refractivity contribution in [3.8, 4) is 0 Å². The van der Waals surface area contributed by atoms with E-state index in [0.717, 1.165) is 39.7 Å². The quantitative estimate of drug-likeness (QED) is 0.414. The van der Waals surface area contributed by atoms with Crippen LogP contribution in [0.3, 0.4) is 0 Å². The molecule has 0 saturated carbocycles. The molecule has 0 saturated heterocycles. The van der Waals surface area contributed by atoms with E-state index in [9.17, 15) is 0 Å². The summed E-state index contributed by atoms with van der Waals surface area (Å²) in [5.74, 6) is 0.841. The van der Waals surface area contributed by atoms with Gasteiger partial charge in [0.15, 0.2) is 5.16 Å². The minimum absolute atomic E-state index is 0.587. The lowest BCUT2D eigenvalue weighted by molar-refractivity contribution is 0.700. The van der Waals surface area contributed by atoms with Gasteiger partial charge >= 0.3 is 0 Å². The fraction of sp³-hybridized carbons (Fsp3) is 0.294. The Hall–Kier alpha value is -1.01. The third kappa shape index (κ3) is 2.99. The van der Waals surface area contributed by atoms with Crippen molar-refractivity contribution in [2.24, 2.45) is 0 Å². The van der Waals surface area contributed by atoms with Crippen molar-refractivity contribution in [1.29, 1.82) is 0 Å². The minimum Gasteiger partial charge on any atom is -0.338 e. The maximum absolute atomic E-state index is 6.33. The molecule has 1 aliphatic rings. The van der Waals surface area contributed by atoms with Crippen molar-refractivity contribution < 1.29 is 0 Å². The van der Waals surface area contributed by atoms with Gasteiger partial charge in [-0.25, -0.2) is 9.97 Å². The smallest absolute Gasteiger partial charge is 0.190 e. The van der Waals surface area contributed by atoms with Crippen molar-refractivity contribution in [3.63, 3.8) is 0 Å². The maximum Gasteiger partial charge on any atom is 0.190 e. The molecule has 0 radical (unpaired) electrons. The van der Waals surface area contributed by atoms with Gasteiger partial charge < -0.3 is 5.32 Å². The fourth-order valence-corrected chi connectivity index (χ4v) is 5.18. The normalized spacial score (nSPS) is 14.0. The summed E-state index contributed by atoms with van der Waals surface area (Å²) in [4.78, 5) is 11.9. The molecular formula is C17H15Cl2N3S2. The second-order valence-electron chi connectivity index (χ2n) is 5.70. The molecule has 4 rings (SSSR count). The van der Waals surface area contributed by atoms with E-state index in [1.54, 1.807) is 29.2 Å². The number of hydrogen-bond donors (Lipinski definition) is 1. The number of aromatic nitrogens is 2. The first-order valence-electron chi connectivity index (χ1n) is 7.74. The third-order valence-corrected chi connectivity index (χ3v) is 6.44. The molecule has 2 aromatic heterocycles. The van der Waals surface area contributed by atoms with E-state index in [1.165, 1.54) is 23.3 Å². The Morgan fingerprint density at radius 2 is 2.00 bits per heavy atom. The number of benzene rings is 1. The summed E-state index contributed by atoms with van der Waals surface area (Å²) >= 11 is 15.7. The highest BCUT2D eigenvalue weighted by Gasteiger charge is 2.21. The van der Waals surface area contributed by atoms with Gasteiger partial charge in [0.05, 0.1) is 16.1 Å². The van der Waals surface area contributed by atoms with Crippen molar-refractivity contribution in [2.75, 3.05) is 11.6 Å². The molecule has 7 heteroatoms. The first-order valence-corrected chi connectivity index (χ1v) is 10.5. The lowest BCUT2D eigenvalue weighted by Crippen LogP contribution is -2.02. The van der Waals surface area contributed by atoms with E-state index in [1.807, 2.05) is 18.4 Å². The van der Waals surface area contributed by atoms with Crippen molar-refractivity contribution >= 4 is 68.0 Å². The zero-order valence-corrected chi connectivity index (χ0v) is 16.2. The molecular weight excluding hydrogens is 381 g/mol. The Labute approximate surface area is 158 Å². The average molecular weight is 396 g/mol. The summed E-state index contributed by atoms with van der Waals surface area (Å²) < 4.78 is 0. The van der Waals surface area contributed by atoms with Crippen molar-refractivity contribution in [1.82, 2.24) is 9.97 Å². The number of thiophene rings is 1. The first kappa shape index (κ1) is 16.5. The van der Waals surface area contributed by atoms with E-state index in [-0.39, 0.29) is 0 Å². The molecule has 1 aromatic carbocycles. The maximum atomic E-state index is 6.33. The molecule has 124 valence electrons. The molecule has 0 atom stereocenters. The number of nitrogens with zero attached hydrogens (tertiary/aromatic N) is 2. The number of anilines is 2. The minimum atomic E-state index is 0.587. The summed E-state index contributed by atoms with van der Waals surface area (Å²) in [5.41, 5.74) is 2.21. The van der Waals surface area contributed by atoms with Gasteiger partial charge in [0.1, 0.15) is 10.6 Å². The summed E-state index contributed by atoms with van der Waals surface area (Å²) in [6.07, 6.45) is 6.72. The van der Waals surface area contributed by atoms with Crippen LogP contribution in [-0.4, -0.2) is 16.2 Å². The molecule has 3 aromatic rings. The van der Waals surface area contributed by atoms with Gasteiger partial charge in [-0.15, -0.1) is 11.3 Å². The van der Waals surface area contributed by atoms with E-state index in [0.29, 0.717) is 10.0 Å². The van der Waals surface area contributed by atoms with Crippen LogP contribution in [-0.2, 0) is 12.8 Å². The predicted molar refractivity (Wildman–Crippen MR) is 106 cm³/mol. The summed E-state index contributed by atoms with van der Waals surface area (Å²) in [7, 11) is 0. The van der Waals surface area contributed by atoms with E-state index >= 15 is 0 Å². The summed E-state index contributed by atoms with van der Waals surface area (Å²) in [5, 5.41) is 6.54. The van der Waals surface area contributed by atoms with Crippen LogP contribution in [0.4, 0.5) is 11.5 Å². The Morgan fingerprint density at radius 1 is 1.17 bits per heavy atom. The average Bonchev–Trinajstić information content (AvgIpc) is 2.95. The van der Waals surface area contributed by atoms with Crippen LogP contribution in [0.2, 0.25) is 10.0 Å². The zero-order chi connectivity index (χ0) is 16.7. The van der Waals surface area contributed by atoms with Crippen LogP contribution in [0.5, 0.6) is 0 Å². The molecule has 0 amide bonds. The number of halogens is 2. The van der Waals surface area contributed by atoms with Crippen LogP contribution in [0.25, 0.3) is 10.2 Å². The number of thioether (sulfide) groups is 1. The number of nitrogens with one attached hydrogen (secondary N) is 1. The van der Waals surface area contributed by atoms with Crippen molar-refractivity contribution in [3.05, 3.63) is 38.7 Å². The van der Waals surface area contributed by atoms with Crippen LogP contribution >= 0.6 is 46.3 Å². The third-order valence-electron chi connectivity index (χ3n) is 4.16. The van der Waals surface area contributed by atoms with Gasteiger partial charge in [0, 0.05) is 9.90 Å². The van der Waals surface area contributed by atoms with Gasteiger partial charge in [-0.1, -0.05) is 35.0 Å². The van der Waals surface area contributed by atoms with Gasteiger partial charge in [-0.2, -0.15) is 0 Å².